The Morgan fingerprint density at radius 3 is 2.41 bits per heavy atom. The second-order valence-electron chi connectivity index (χ2n) is 6.88. The summed E-state index contributed by atoms with van der Waals surface area (Å²) < 4.78 is 0. The van der Waals surface area contributed by atoms with Crippen molar-refractivity contribution in [1.82, 2.24) is 14.8 Å². The third kappa shape index (κ3) is 3.82. The Balaban J connectivity index is 1.38. The molecular formula is C20H21ClN4O2. The Hall–Kier alpha value is -2.44. The third-order valence-corrected chi connectivity index (χ3v) is 5.45. The van der Waals surface area contributed by atoms with Gasteiger partial charge in [0.1, 0.15) is 5.82 Å². The first-order valence-electron chi connectivity index (χ1n) is 9.10. The van der Waals surface area contributed by atoms with Gasteiger partial charge in [-0.05, 0) is 29.8 Å². The number of rotatable bonds is 4. The van der Waals surface area contributed by atoms with E-state index >= 15 is 0 Å². The van der Waals surface area contributed by atoms with Crippen LogP contribution < -0.4 is 4.90 Å². The molecule has 6 nitrogen and oxygen atoms in total. The molecule has 27 heavy (non-hydrogen) atoms. The highest BCUT2D eigenvalue weighted by atomic mass is 35.5. The number of benzene rings is 1. The number of anilines is 1. The lowest BCUT2D eigenvalue weighted by molar-refractivity contribution is -0.140. The van der Waals surface area contributed by atoms with E-state index in [0.717, 1.165) is 37.6 Å². The van der Waals surface area contributed by atoms with Crippen LogP contribution in [0.2, 0.25) is 5.02 Å². The van der Waals surface area contributed by atoms with Crippen LogP contribution in [0.25, 0.3) is 0 Å². The van der Waals surface area contributed by atoms with Crippen LogP contribution >= 0.6 is 11.6 Å². The second kappa shape index (κ2) is 7.66. The van der Waals surface area contributed by atoms with Gasteiger partial charge in [0.25, 0.3) is 0 Å². The molecule has 0 N–H and O–H groups in total. The summed E-state index contributed by atoms with van der Waals surface area (Å²) in [7, 11) is 0. The lowest BCUT2D eigenvalue weighted by Crippen LogP contribution is -2.52. The molecule has 2 aliphatic rings. The van der Waals surface area contributed by atoms with E-state index in [-0.39, 0.29) is 24.3 Å². The van der Waals surface area contributed by atoms with Crippen LogP contribution in [-0.4, -0.2) is 58.8 Å². The number of nitrogens with zero attached hydrogens (tertiary/aromatic N) is 4. The maximum atomic E-state index is 12.8. The molecule has 0 aliphatic carbocycles. The fraction of sp³-hybridized carbons (Fsp3) is 0.350. The maximum absolute atomic E-state index is 12.8. The summed E-state index contributed by atoms with van der Waals surface area (Å²) in [6, 6.07) is 12.8. The van der Waals surface area contributed by atoms with Crippen LogP contribution in [0.15, 0.2) is 48.7 Å². The highest BCUT2D eigenvalue weighted by Crippen LogP contribution is 2.23. The molecule has 2 aliphatic heterocycles. The lowest BCUT2D eigenvalue weighted by atomic mass is 10.1. The number of piperazine rings is 1. The van der Waals surface area contributed by atoms with Crippen LogP contribution in [0.5, 0.6) is 0 Å². The van der Waals surface area contributed by atoms with Crippen molar-refractivity contribution < 1.29 is 9.59 Å². The van der Waals surface area contributed by atoms with Gasteiger partial charge < -0.3 is 4.90 Å². The quantitative estimate of drug-likeness (QED) is 0.756. The van der Waals surface area contributed by atoms with Crippen molar-refractivity contribution in [3.63, 3.8) is 0 Å². The average Bonchev–Trinajstić information content (AvgIpc) is 2.99. The molecule has 1 aromatic carbocycles. The minimum absolute atomic E-state index is 0.0961. The Morgan fingerprint density at radius 1 is 1.00 bits per heavy atom. The normalized spacial score (nSPS) is 21.1. The smallest absolute Gasteiger partial charge is 0.247 e. The molecule has 1 atom stereocenters. The van der Waals surface area contributed by atoms with Crippen LogP contribution in [-0.2, 0) is 16.1 Å². The minimum atomic E-state index is -0.351. The molecular weight excluding hydrogens is 364 g/mol. The molecule has 3 heterocycles. The molecule has 2 aromatic rings. The molecule has 1 aromatic heterocycles. The number of carbonyl (C=O) groups excluding carboxylic acids is 2. The predicted molar refractivity (Wildman–Crippen MR) is 103 cm³/mol. The van der Waals surface area contributed by atoms with Crippen molar-refractivity contribution in [2.45, 2.75) is 19.0 Å². The Kier molecular flexibility index (Phi) is 5.09. The van der Waals surface area contributed by atoms with Gasteiger partial charge >= 0.3 is 0 Å². The number of pyridine rings is 1. The van der Waals surface area contributed by atoms with E-state index in [1.807, 2.05) is 30.3 Å². The zero-order valence-electron chi connectivity index (χ0n) is 14.9. The third-order valence-electron chi connectivity index (χ3n) is 5.20. The summed E-state index contributed by atoms with van der Waals surface area (Å²) >= 11 is 5.90. The van der Waals surface area contributed by atoms with Crippen molar-refractivity contribution >= 4 is 29.2 Å². The summed E-state index contributed by atoms with van der Waals surface area (Å²) in [4.78, 5) is 35.4. The first kappa shape index (κ1) is 17.9. The molecule has 0 spiro atoms. The monoisotopic (exact) mass is 384 g/mol. The molecule has 0 radical (unpaired) electrons. The van der Waals surface area contributed by atoms with Gasteiger partial charge in [0.2, 0.25) is 11.8 Å². The van der Waals surface area contributed by atoms with Gasteiger partial charge in [0, 0.05) is 37.4 Å². The molecule has 140 valence electrons. The largest absolute Gasteiger partial charge is 0.354 e. The SMILES string of the molecule is O=C1CC(N2CCN(c3ccccn3)CC2)C(=O)N1Cc1ccc(Cl)cc1. The summed E-state index contributed by atoms with van der Waals surface area (Å²) in [5.41, 5.74) is 0.904. The molecule has 0 saturated carbocycles. The maximum Gasteiger partial charge on any atom is 0.247 e. The standard InChI is InChI=1S/C20H21ClN4O2/c21-16-6-4-15(5-7-16)14-25-19(26)13-17(20(25)27)23-9-11-24(12-10-23)18-3-1-2-8-22-18/h1-8,17H,9-14H2. The van der Waals surface area contributed by atoms with Crippen LogP contribution in [0.3, 0.4) is 0 Å². The van der Waals surface area contributed by atoms with Gasteiger partial charge in [-0.1, -0.05) is 29.8 Å². The fourth-order valence-corrected chi connectivity index (χ4v) is 3.82. The Labute approximate surface area is 163 Å². The number of halogens is 1. The van der Waals surface area contributed by atoms with Crippen molar-refractivity contribution in [1.29, 1.82) is 0 Å². The predicted octanol–water partition coefficient (Wildman–Crippen LogP) is 2.18. The van der Waals surface area contributed by atoms with Gasteiger partial charge in [-0.25, -0.2) is 4.98 Å². The van der Waals surface area contributed by atoms with Gasteiger partial charge in [-0.2, -0.15) is 0 Å². The molecule has 2 amide bonds. The Bertz CT molecular complexity index is 820. The first-order chi connectivity index (χ1) is 13.1. The number of hydrogen-bond acceptors (Lipinski definition) is 5. The topological polar surface area (TPSA) is 56.8 Å². The van der Waals surface area contributed by atoms with E-state index in [9.17, 15) is 9.59 Å². The molecule has 2 fully saturated rings. The average molecular weight is 385 g/mol. The van der Waals surface area contributed by atoms with Gasteiger partial charge in [0.05, 0.1) is 19.0 Å². The molecule has 7 heteroatoms. The zero-order valence-corrected chi connectivity index (χ0v) is 15.7. The van der Waals surface area contributed by atoms with Gasteiger partial charge in [0.15, 0.2) is 0 Å². The summed E-state index contributed by atoms with van der Waals surface area (Å²) in [5.74, 6) is 0.753. The fourth-order valence-electron chi connectivity index (χ4n) is 3.69. The molecule has 4 rings (SSSR count). The van der Waals surface area contributed by atoms with Crippen LogP contribution in [0.1, 0.15) is 12.0 Å². The van der Waals surface area contributed by atoms with E-state index in [2.05, 4.69) is 14.8 Å². The van der Waals surface area contributed by atoms with E-state index in [1.54, 1.807) is 18.3 Å². The van der Waals surface area contributed by atoms with Crippen molar-refractivity contribution in [2.24, 2.45) is 0 Å². The zero-order chi connectivity index (χ0) is 18.8. The number of amides is 2. The van der Waals surface area contributed by atoms with Crippen molar-refractivity contribution in [3.05, 3.63) is 59.2 Å². The van der Waals surface area contributed by atoms with Gasteiger partial charge in [-0.3, -0.25) is 19.4 Å². The second-order valence-corrected chi connectivity index (χ2v) is 7.31. The summed E-state index contributed by atoms with van der Waals surface area (Å²) in [5, 5.41) is 0.640. The lowest BCUT2D eigenvalue weighted by Gasteiger charge is -2.37. The van der Waals surface area contributed by atoms with E-state index < -0.39 is 0 Å². The first-order valence-corrected chi connectivity index (χ1v) is 9.48. The van der Waals surface area contributed by atoms with E-state index in [1.165, 1.54) is 4.90 Å². The van der Waals surface area contributed by atoms with Crippen molar-refractivity contribution in [2.75, 3.05) is 31.1 Å². The summed E-state index contributed by atoms with van der Waals surface area (Å²) in [6.07, 6.45) is 2.05. The Morgan fingerprint density at radius 2 is 1.74 bits per heavy atom. The van der Waals surface area contributed by atoms with Crippen LogP contribution in [0, 0.1) is 0 Å². The number of likely N-dealkylation sites (tertiary alicyclic amines) is 1. The van der Waals surface area contributed by atoms with Gasteiger partial charge in [-0.15, -0.1) is 0 Å². The molecule has 2 saturated heterocycles. The number of hydrogen-bond donors (Lipinski definition) is 0. The number of imide groups is 1. The highest BCUT2D eigenvalue weighted by molar-refractivity contribution is 6.30. The van der Waals surface area contributed by atoms with Crippen LogP contribution in [0.4, 0.5) is 5.82 Å². The summed E-state index contributed by atoms with van der Waals surface area (Å²) in [6.45, 7) is 3.39. The van der Waals surface area contributed by atoms with E-state index in [4.69, 9.17) is 11.6 Å². The number of carbonyl (C=O) groups is 2. The molecule has 0 bridgehead atoms. The van der Waals surface area contributed by atoms with Crippen molar-refractivity contribution in [3.8, 4) is 0 Å². The molecule has 1 unspecified atom stereocenters. The highest BCUT2D eigenvalue weighted by Gasteiger charge is 2.42. The minimum Gasteiger partial charge on any atom is -0.354 e. The van der Waals surface area contributed by atoms with E-state index in [0.29, 0.717) is 11.6 Å². The number of aromatic nitrogens is 1.